The fourth-order valence-corrected chi connectivity index (χ4v) is 7.97. The zero-order valence-electron chi connectivity index (χ0n) is 34.7. The van der Waals surface area contributed by atoms with Crippen LogP contribution in [0.15, 0.2) is 24.3 Å². The molecule has 0 radical (unpaired) electrons. The maximum atomic E-state index is 12.9. The van der Waals surface area contributed by atoms with Crippen LogP contribution in [0.3, 0.4) is 0 Å². The Bertz CT molecular complexity index is 1280. The highest BCUT2D eigenvalue weighted by Crippen LogP contribution is 2.37. The van der Waals surface area contributed by atoms with Crippen LogP contribution in [0, 0.1) is 11.8 Å². The van der Waals surface area contributed by atoms with E-state index >= 15 is 0 Å². The van der Waals surface area contributed by atoms with Gasteiger partial charge in [-0.05, 0) is 66.5 Å². The summed E-state index contributed by atoms with van der Waals surface area (Å²) in [5.41, 5.74) is -1.48. The number of aliphatic hydroxyl groups excluding tert-OH is 3. The Kier molecular flexibility index (Phi) is 19.5. The maximum Gasteiger partial charge on any atom is 0.308 e. The van der Waals surface area contributed by atoms with E-state index in [1.807, 2.05) is 19.9 Å². The first-order valence-electron chi connectivity index (χ1n) is 20.2. The largest absolute Gasteiger partial charge is 0.462 e. The number of carbonyl (C=O) groups is 3. The number of esters is 2. The van der Waals surface area contributed by atoms with Crippen molar-refractivity contribution < 1.29 is 68.0 Å². The molecule has 0 amide bonds. The van der Waals surface area contributed by atoms with Gasteiger partial charge in [0.2, 0.25) is 0 Å². The molecular formula is C41H69NO14. The highest BCUT2D eigenvalue weighted by atomic mass is 16.7. The van der Waals surface area contributed by atoms with E-state index in [1.165, 1.54) is 7.11 Å². The second-order valence-corrected chi connectivity index (χ2v) is 16.2. The van der Waals surface area contributed by atoms with Crippen molar-refractivity contribution in [2.24, 2.45) is 11.8 Å². The Hall–Kier alpha value is -2.31. The van der Waals surface area contributed by atoms with Crippen molar-refractivity contribution in [1.82, 2.24) is 4.90 Å². The lowest BCUT2D eigenvalue weighted by Crippen LogP contribution is -2.66. The number of unbranched alkanes of at least 4 members (excludes halogenated alkanes) is 2. The Morgan fingerprint density at radius 3 is 2.36 bits per heavy atom. The minimum atomic E-state index is -1.48. The summed E-state index contributed by atoms with van der Waals surface area (Å²) in [5.74, 6) is -2.08. The molecule has 0 spiro atoms. The van der Waals surface area contributed by atoms with Gasteiger partial charge in [0.05, 0.1) is 43.0 Å². The molecule has 0 aliphatic carbocycles. The predicted molar refractivity (Wildman–Crippen MR) is 205 cm³/mol. The second-order valence-electron chi connectivity index (χ2n) is 16.2. The summed E-state index contributed by atoms with van der Waals surface area (Å²) in [4.78, 5) is 39.3. The maximum absolute atomic E-state index is 12.9. The lowest BCUT2D eigenvalue weighted by Gasteiger charge is -2.50. The summed E-state index contributed by atoms with van der Waals surface area (Å²) >= 11 is 0. The number of cyclic esters (lactones) is 1. The smallest absolute Gasteiger partial charge is 0.308 e. The molecule has 15 heteroatoms. The molecule has 1 unspecified atom stereocenters. The van der Waals surface area contributed by atoms with Crippen molar-refractivity contribution in [3.8, 4) is 0 Å². The molecule has 0 aromatic heterocycles. The Morgan fingerprint density at radius 2 is 1.73 bits per heavy atom. The van der Waals surface area contributed by atoms with Crippen molar-refractivity contribution >= 4 is 18.2 Å². The van der Waals surface area contributed by atoms with Crippen LogP contribution < -0.4 is 0 Å². The van der Waals surface area contributed by atoms with Gasteiger partial charge in [-0.2, -0.15) is 0 Å². The third-order valence-electron chi connectivity index (χ3n) is 11.0. The molecule has 3 aliphatic rings. The Morgan fingerprint density at radius 1 is 1.02 bits per heavy atom. The van der Waals surface area contributed by atoms with E-state index in [4.69, 9.17) is 33.2 Å². The number of ether oxygens (including phenoxy) is 7. The Labute approximate surface area is 332 Å². The molecule has 0 bridgehead atoms. The number of aliphatic hydroxyl groups is 4. The Balaban J connectivity index is 1.88. The van der Waals surface area contributed by atoms with Crippen molar-refractivity contribution in [3.05, 3.63) is 24.3 Å². The van der Waals surface area contributed by atoms with Gasteiger partial charge in [0.1, 0.15) is 36.3 Å². The molecule has 15 nitrogen and oxygen atoms in total. The fourth-order valence-electron chi connectivity index (χ4n) is 7.97. The molecule has 2 saturated heterocycles. The molecule has 3 rings (SSSR count). The zero-order chi connectivity index (χ0) is 41.7. The molecule has 16 atom stereocenters. The molecule has 3 aliphatic heterocycles. The van der Waals surface area contributed by atoms with Crippen molar-refractivity contribution in [2.45, 2.75) is 185 Å². The number of nitrogens with zero attached hydrogens (tertiary/aromatic N) is 1. The number of allylic oxidation sites excluding steroid dienone is 2. The number of methoxy groups -OCH3 is 1. The third kappa shape index (κ3) is 13.6. The number of rotatable bonds is 13. The minimum absolute atomic E-state index is 0.0246. The zero-order valence-corrected chi connectivity index (χ0v) is 34.7. The topological polar surface area (TPSA) is 200 Å². The first-order valence-corrected chi connectivity index (χ1v) is 20.2. The van der Waals surface area contributed by atoms with Gasteiger partial charge in [-0.3, -0.25) is 9.59 Å². The van der Waals surface area contributed by atoms with Crippen molar-refractivity contribution in [3.63, 3.8) is 0 Å². The highest BCUT2D eigenvalue weighted by Gasteiger charge is 2.52. The third-order valence-corrected chi connectivity index (χ3v) is 11.0. The van der Waals surface area contributed by atoms with Crippen LogP contribution in [0.1, 0.15) is 99.3 Å². The fraction of sp³-hybridized carbons (Fsp3) is 0.829. The quantitative estimate of drug-likeness (QED) is 0.120. The van der Waals surface area contributed by atoms with Crippen LogP contribution in [0.5, 0.6) is 0 Å². The number of likely N-dealkylation sites (N-methyl/N-ethyl adjacent to an activating group) is 1. The number of carbonyl (C=O) groups excluding carboxylic acids is 3. The van der Waals surface area contributed by atoms with E-state index < -0.39 is 110 Å². The summed E-state index contributed by atoms with van der Waals surface area (Å²) in [6.45, 7) is 10.6. The van der Waals surface area contributed by atoms with Gasteiger partial charge < -0.3 is 63.3 Å². The predicted octanol–water partition coefficient (Wildman–Crippen LogP) is 2.98. The van der Waals surface area contributed by atoms with Gasteiger partial charge in [-0.25, -0.2) is 0 Å². The molecule has 3 heterocycles. The summed E-state index contributed by atoms with van der Waals surface area (Å²) in [6.07, 6.45) is -1.26. The second kappa shape index (κ2) is 22.7. The van der Waals surface area contributed by atoms with Crippen LogP contribution in [0.25, 0.3) is 0 Å². The van der Waals surface area contributed by atoms with E-state index in [-0.39, 0.29) is 31.6 Å². The van der Waals surface area contributed by atoms with E-state index in [0.717, 1.165) is 19.1 Å². The number of aldehydes is 1. The lowest BCUT2D eigenvalue weighted by molar-refractivity contribution is -0.344. The van der Waals surface area contributed by atoms with Crippen molar-refractivity contribution in [1.29, 1.82) is 0 Å². The van der Waals surface area contributed by atoms with E-state index in [1.54, 1.807) is 64.9 Å². The summed E-state index contributed by atoms with van der Waals surface area (Å²) < 4.78 is 42.5. The first kappa shape index (κ1) is 48.1. The minimum Gasteiger partial charge on any atom is -0.462 e. The van der Waals surface area contributed by atoms with E-state index in [0.29, 0.717) is 12.8 Å². The standard InChI is InChI=1S/C41H69NO14/c1-10-11-13-18-31(46)54-39-27(5)52-33(23-41(39,6)49)55-36-26(4)53-40(35(48)34(36)42(7)8)56-37-28(19-20-43)21-24(2)29(44)17-15-12-14-16-25(3)51-32(47)22-30(45)38(37)50-9/h12,14-15,17,20,24-30,33-40,44-45,48-49H,10-11,13,16,18-19,21-23H2,1-9H3/t24-,25-,26-,27+,28?,29+,30-,33+,34-,35-,36-,37+,38+,39+,40+,41-/m1/s1. The molecule has 0 aromatic rings. The van der Waals surface area contributed by atoms with Crippen LogP contribution in [-0.4, -0.2) is 150 Å². The summed E-state index contributed by atoms with van der Waals surface area (Å²) in [6, 6.07) is -0.751. The monoisotopic (exact) mass is 799 g/mol. The molecule has 0 saturated carbocycles. The summed E-state index contributed by atoms with van der Waals surface area (Å²) in [7, 11) is 4.87. The van der Waals surface area contributed by atoms with Crippen LogP contribution in [-0.2, 0) is 47.5 Å². The van der Waals surface area contributed by atoms with Crippen molar-refractivity contribution in [2.75, 3.05) is 21.2 Å². The van der Waals surface area contributed by atoms with Crippen LogP contribution in [0.2, 0.25) is 0 Å². The SMILES string of the molecule is CCCCCC(=O)O[C@H]1[C@H](C)O[C@@H](O[C@H]2[C@H](N(C)C)[C@@H](O)[C@H](O[C@H]3C(CC=O)C[C@@H](C)[C@@H](O)C=CC=CC[C@@H](C)OC(=O)C[C@@H](O)[C@@H]3OC)O[C@@H]2C)C[C@@]1(C)O. The van der Waals surface area contributed by atoms with Gasteiger partial charge in [0.15, 0.2) is 18.7 Å². The van der Waals surface area contributed by atoms with Gasteiger partial charge >= 0.3 is 11.9 Å². The van der Waals surface area contributed by atoms with Gasteiger partial charge in [0.25, 0.3) is 0 Å². The molecule has 2 fully saturated rings. The van der Waals surface area contributed by atoms with Gasteiger partial charge in [0, 0.05) is 32.8 Å². The average Bonchev–Trinajstić information content (AvgIpc) is 3.10. The first-order chi connectivity index (χ1) is 26.4. The highest BCUT2D eigenvalue weighted by molar-refractivity contribution is 5.70. The molecule has 0 aromatic carbocycles. The normalized spacial score (nSPS) is 40.6. The van der Waals surface area contributed by atoms with E-state index in [9.17, 15) is 34.8 Å². The van der Waals surface area contributed by atoms with Gasteiger partial charge in [-0.15, -0.1) is 0 Å². The summed E-state index contributed by atoms with van der Waals surface area (Å²) in [5, 5.41) is 45.8. The van der Waals surface area contributed by atoms with Crippen LogP contribution >= 0.6 is 0 Å². The molecule has 56 heavy (non-hydrogen) atoms. The number of hydrogen-bond acceptors (Lipinski definition) is 15. The number of hydrogen-bond donors (Lipinski definition) is 4. The molecule has 4 N–H and O–H groups in total. The average molecular weight is 800 g/mol. The molecule has 322 valence electrons. The van der Waals surface area contributed by atoms with E-state index in [2.05, 4.69) is 0 Å². The lowest BCUT2D eigenvalue weighted by atomic mass is 9.82. The van der Waals surface area contributed by atoms with Crippen LogP contribution in [0.4, 0.5) is 0 Å². The molecular weight excluding hydrogens is 730 g/mol. The van der Waals surface area contributed by atoms with Gasteiger partial charge in [-0.1, -0.05) is 51.0 Å².